The van der Waals surface area contributed by atoms with Crippen molar-refractivity contribution in [3.8, 4) is 5.75 Å². The van der Waals surface area contributed by atoms with Crippen LogP contribution in [0.2, 0.25) is 0 Å². The van der Waals surface area contributed by atoms with Gasteiger partial charge in [-0.2, -0.15) is 13.2 Å². The van der Waals surface area contributed by atoms with E-state index in [2.05, 4.69) is 5.32 Å². The summed E-state index contributed by atoms with van der Waals surface area (Å²) in [5.74, 6) is -0.513. The smallest absolute Gasteiger partial charge is 0.416 e. The van der Waals surface area contributed by atoms with Crippen LogP contribution in [0.15, 0.2) is 77.7 Å². The first-order valence-corrected chi connectivity index (χ1v) is 16.8. The van der Waals surface area contributed by atoms with Gasteiger partial charge < -0.3 is 15.0 Å². The monoisotopic (exact) mass is 659 g/mol. The highest BCUT2D eigenvalue weighted by atomic mass is 32.2. The Morgan fingerprint density at radius 1 is 0.978 bits per heavy atom. The van der Waals surface area contributed by atoms with Crippen LogP contribution in [-0.4, -0.2) is 50.9 Å². The van der Waals surface area contributed by atoms with Crippen molar-refractivity contribution in [3.05, 3.63) is 89.5 Å². The number of benzene rings is 3. The lowest BCUT2D eigenvalue weighted by molar-refractivity contribution is -0.140. The zero-order chi connectivity index (χ0) is 33.5. The van der Waals surface area contributed by atoms with Crippen LogP contribution in [0, 0.1) is 6.92 Å². The van der Waals surface area contributed by atoms with Crippen LogP contribution in [0.3, 0.4) is 0 Å². The highest BCUT2D eigenvalue weighted by molar-refractivity contribution is 7.92. The molecule has 4 rings (SSSR count). The molecule has 0 heterocycles. The van der Waals surface area contributed by atoms with E-state index in [0.717, 1.165) is 49.8 Å². The van der Waals surface area contributed by atoms with E-state index in [-0.39, 0.29) is 35.5 Å². The standard InChI is InChI=1S/C34H40F3N3O5S/c1-4-31(33(42)38-27-10-6-5-7-11-27)39(22-25-15-17-29(45-3)18-16-25)32(41)23-40(28-12-8-9-26(21-28)34(35,36)37)46(43,44)30-19-13-24(2)14-20-30/h8-9,12-21,27,31H,4-7,10-11,22-23H2,1-3H3,(H,38,42). The van der Waals surface area contributed by atoms with Gasteiger partial charge in [0.05, 0.1) is 23.3 Å². The summed E-state index contributed by atoms with van der Waals surface area (Å²) >= 11 is 0. The molecule has 0 saturated heterocycles. The molecule has 0 aliphatic heterocycles. The first-order valence-electron chi connectivity index (χ1n) is 15.3. The molecule has 1 aliphatic rings. The number of carbonyl (C=O) groups excluding carboxylic acids is 2. The molecule has 1 unspecified atom stereocenters. The number of methoxy groups -OCH3 is 1. The van der Waals surface area contributed by atoms with E-state index in [1.807, 2.05) is 0 Å². The lowest BCUT2D eigenvalue weighted by atomic mass is 9.95. The topological polar surface area (TPSA) is 96.0 Å². The molecule has 8 nitrogen and oxygen atoms in total. The molecule has 0 radical (unpaired) electrons. The van der Waals surface area contributed by atoms with Gasteiger partial charge in [-0.1, -0.05) is 62.1 Å². The Morgan fingerprint density at radius 2 is 1.63 bits per heavy atom. The number of rotatable bonds is 12. The maximum Gasteiger partial charge on any atom is 0.416 e. The van der Waals surface area contributed by atoms with Gasteiger partial charge in [-0.15, -0.1) is 0 Å². The van der Waals surface area contributed by atoms with Crippen molar-refractivity contribution < 1.29 is 35.9 Å². The van der Waals surface area contributed by atoms with E-state index in [9.17, 15) is 31.2 Å². The fourth-order valence-electron chi connectivity index (χ4n) is 5.60. The van der Waals surface area contributed by atoms with Crippen molar-refractivity contribution in [2.75, 3.05) is 18.0 Å². The predicted molar refractivity (Wildman–Crippen MR) is 170 cm³/mol. The molecular formula is C34H40F3N3O5S. The number of amides is 2. The number of halogens is 3. The van der Waals surface area contributed by atoms with Crippen molar-refractivity contribution in [1.29, 1.82) is 0 Å². The van der Waals surface area contributed by atoms with Crippen LogP contribution in [0.25, 0.3) is 0 Å². The number of nitrogens with one attached hydrogen (secondary N) is 1. The molecule has 1 aliphatic carbocycles. The predicted octanol–water partition coefficient (Wildman–Crippen LogP) is 6.47. The maximum atomic E-state index is 14.3. The summed E-state index contributed by atoms with van der Waals surface area (Å²) < 4.78 is 75.1. The van der Waals surface area contributed by atoms with E-state index in [4.69, 9.17) is 4.74 Å². The van der Waals surface area contributed by atoms with Crippen LogP contribution < -0.4 is 14.4 Å². The summed E-state index contributed by atoms with van der Waals surface area (Å²) in [6.07, 6.45) is 0.197. The number of hydrogen-bond donors (Lipinski definition) is 1. The van der Waals surface area contributed by atoms with Gasteiger partial charge in [0.25, 0.3) is 10.0 Å². The highest BCUT2D eigenvalue weighted by Crippen LogP contribution is 2.33. The highest BCUT2D eigenvalue weighted by Gasteiger charge is 2.36. The molecular weight excluding hydrogens is 619 g/mol. The zero-order valence-electron chi connectivity index (χ0n) is 26.2. The normalized spacial score (nSPS) is 14.7. The third-order valence-corrected chi connectivity index (χ3v) is 9.99. The first kappa shape index (κ1) is 34.8. The minimum Gasteiger partial charge on any atom is -0.497 e. The summed E-state index contributed by atoms with van der Waals surface area (Å²) in [6, 6.07) is 15.6. The second-order valence-electron chi connectivity index (χ2n) is 11.5. The van der Waals surface area contributed by atoms with Gasteiger partial charge in [0.1, 0.15) is 18.3 Å². The van der Waals surface area contributed by atoms with Gasteiger partial charge in [0, 0.05) is 12.6 Å². The van der Waals surface area contributed by atoms with E-state index in [1.54, 1.807) is 50.2 Å². The fraction of sp³-hybridized carbons (Fsp3) is 0.412. The molecule has 1 saturated carbocycles. The van der Waals surface area contributed by atoms with Crippen LogP contribution in [0.1, 0.15) is 62.1 Å². The van der Waals surface area contributed by atoms with Crippen LogP contribution in [-0.2, 0) is 32.3 Å². The van der Waals surface area contributed by atoms with Gasteiger partial charge in [0.15, 0.2) is 0 Å². The molecule has 3 aromatic carbocycles. The summed E-state index contributed by atoms with van der Waals surface area (Å²) in [4.78, 5) is 29.0. The molecule has 1 fully saturated rings. The van der Waals surface area contributed by atoms with Crippen molar-refractivity contribution in [1.82, 2.24) is 10.2 Å². The summed E-state index contributed by atoms with van der Waals surface area (Å²) in [7, 11) is -3.00. The van der Waals surface area contributed by atoms with Gasteiger partial charge >= 0.3 is 6.18 Å². The van der Waals surface area contributed by atoms with Crippen molar-refractivity contribution in [2.45, 2.75) is 82.1 Å². The van der Waals surface area contributed by atoms with E-state index < -0.39 is 40.3 Å². The molecule has 0 bridgehead atoms. The largest absolute Gasteiger partial charge is 0.497 e. The summed E-state index contributed by atoms with van der Waals surface area (Å²) in [5.41, 5.74) is 0.0500. The Balaban J connectivity index is 1.75. The number of alkyl halides is 3. The average molecular weight is 660 g/mol. The Kier molecular flexibility index (Phi) is 11.4. The number of carbonyl (C=O) groups is 2. The number of aryl methyl sites for hydroxylation is 1. The lowest BCUT2D eigenvalue weighted by Gasteiger charge is -2.34. The number of anilines is 1. The second kappa shape index (κ2) is 15.0. The van der Waals surface area contributed by atoms with Gasteiger partial charge in [-0.25, -0.2) is 8.42 Å². The lowest BCUT2D eigenvalue weighted by Crippen LogP contribution is -2.54. The Hall–Kier alpha value is -4.06. The number of sulfonamides is 1. The SMILES string of the molecule is CCC(C(=O)NC1CCCCC1)N(Cc1ccc(OC)cc1)C(=O)CN(c1cccc(C(F)(F)F)c1)S(=O)(=O)c1ccc(C)cc1. The third kappa shape index (κ3) is 8.60. The third-order valence-electron chi connectivity index (χ3n) is 8.20. The molecule has 12 heteroatoms. The maximum absolute atomic E-state index is 14.3. The molecule has 248 valence electrons. The molecule has 0 aromatic heterocycles. The van der Waals surface area contributed by atoms with Gasteiger partial charge in [-0.3, -0.25) is 13.9 Å². The summed E-state index contributed by atoms with van der Waals surface area (Å²) in [5, 5.41) is 3.07. The number of hydrogen-bond acceptors (Lipinski definition) is 5. The molecule has 2 amide bonds. The Morgan fingerprint density at radius 3 is 2.22 bits per heavy atom. The number of nitrogens with zero attached hydrogens (tertiary/aromatic N) is 2. The molecule has 0 spiro atoms. The van der Waals surface area contributed by atoms with Crippen LogP contribution in [0.5, 0.6) is 5.75 Å². The summed E-state index contributed by atoms with van der Waals surface area (Å²) in [6.45, 7) is 2.65. The van der Waals surface area contributed by atoms with Gasteiger partial charge in [0.2, 0.25) is 11.8 Å². The minimum atomic E-state index is -4.75. The quantitative estimate of drug-likeness (QED) is 0.240. The molecule has 3 aromatic rings. The van der Waals surface area contributed by atoms with E-state index in [1.165, 1.54) is 30.2 Å². The van der Waals surface area contributed by atoms with Crippen molar-refractivity contribution in [2.24, 2.45) is 0 Å². The fourth-order valence-corrected chi connectivity index (χ4v) is 7.00. The van der Waals surface area contributed by atoms with E-state index in [0.29, 0.717) is 21.7 Å². The van der Waals surface area contributed by atoms with Crippen LogP contribution in [0.4, 0.5) is 18.9 Å². The molecule has 1 atom stereocenters. The Labute approximate surface area is 268 Å². The minimum absolute atomic E-state index is 0.0308. The van der Waals surface area contributed by atoms with Gasteiger partial charge in [-0.05, 0) is 74.2 Å². The molecule has 46 heavy (non-hydrogen) atoms. The average Bonchev–Trinajstić information content (AvgIpc) is 3.04. The number of ether oxygens (including phenoxy) is 1. The Bertz CT molecular complexity index is 1590. The van der Waals surface area contributed by atoms with Crippen molar-refractivity contribution >= 4 is 27.5 Å². The first-order chi connectivity index (χ1) is 21.8. The zero-order valence-corrected chi connectivity index (χ0v) is 27.0. The second-order valence-corrected chi connectivity index (χ2v) is 13.4. The van der Waals surface area contributed by atoms with Crippen molar-refractivity contribution in [3.63, 3.8) is 0 Å². The van der Waals surface area contributed by atoms with Crippen LogP contribution >= 0.6 is 0 Å². The van der Waals surface area contributed by atoms with E-state index >= 15 is 0 Å². The molecule has 1 N–H and O–H groups in total.